The van der Waals surface area contributed by atoms with Crippen LogP contribution in [0, 0.1) is 13.8 Å². The van der Waals surface area contributed by atoms with Crippen LogP contribution in [-0.4, -0.2) is 17.1 Å². The van der Waals surface area contributed by atoms with Gasteiger partial charge in [-0.3, -0.25) is 10.1 Å². The van der Waals surface area contributed by atoms with Gasteiger partial charge in [-0.25, -0.2) is 0 Å². The normalized spacial score (nSPS) is 12.2. The van der Waals surface area contributed by atoms with E-state index in [4.69, 9.17) is 4.52 Å². The van der Waals surface area contributed by atoms with Gasteiger partial charge in [0, 0.05) is 11.8 Å². The van der Waals surface area contributed by atoms with Crippen LogP contribution in [0.5, 0.6) is 0 Å². The van der Waals surface area contributed by atoms with Gasteiger partial charge in [0.1, 0.15) is 0 Å². The Labute approximate surface area is 118 Å². The Morgan fingerprint density at radius 1 is 1.30 bits per heavy atom. The van der Waals surface area contributed by atoms with E-state index in [2.05, 4.69) is 15.8 Å². The maximum absolute atomic E-state index is 12.0. The topological polar surface area (TPSA) is 67.2 Å². The molecule has 2 aromatic rings. The largest absolute Gasteiger partial charge is 0.360 e. The zero-order valence-electron chi connectivity index (χ0n) is 11.9. The fraction of sp³-hybridized carbons (Fsp3) is 0.333. The van der Waals surface area contributed by atoms with E-state index in [9.17, 15) is 4.79 Å². The summed E-state index contributed by atoms with van der Waals surface area (Å²) in [5.41, 5.74) is 2.79. The predicted molar refractivity (Wildman–Crippen MR) is 77.4 cm³/mol. The molecule has 0 aliphatic carbocycles. The van der Waals surface area contributed by atoms with Gasteiger partial charge >= 0.3 is 0 Å². The van der Waals surface area contributed by atoms with Crippen molar-refractivity contribution in [3.05, 3.63) is 47.3 Å². The van der Waals surface area contributed by atoms with Crippen LogP contribution in [0.15, 0.2) is 34.9 Å². The molecule has 1 amide bonds. The molecule has 20 heavy (non-hydrogen) atoms. The minimum Gasteiger partial charge on any atom is -0.360 e. The fourth-order valence-corrected chi connectivity index (χ4v) is 1.73. The van der Waals surface area contributed by atoms with Crippen molar-refractivity contribution in [3.8, 4) is 0 Å². The van der Waals surface area contributed by atoms with Gasteiger partial charge in [0.25, 0.3) is 0 Å². The Morgan fingerprint density at radius 3 is 2.60 bits per heavy atom. The molecule has 5 nitrogen and oxygen atoms in total. The molecule has 2 rings (SSSR count). The molecule has 0 spiro atoms. The summed E-state index contributed by atoms with van der Waals surface area (Å²) in [6.45, 7) is 6.16. The van der Waals surface area contributed by atoms with E-state index in [0.717, 1.165) is 22.7 Å². The van der Waals surface area contributed by atoms with Crippen molar-refractivity contribution >= 4 is 11.6 Å². The van der Waals surface area contributed by atoms with Crippen LogP contribution in [-0.2, 0) is 11.3 Å². The van der Waals surface area contributed by atoms with E-state index in [-0.39, 0.29) is 11.9 Å². The summed E-state index contributed by atoms with van der Waals surface area (Å²) < 4.78 is 5.08. The van der Waals surface area contributed by atoms with Crippen molar-refractivity contribution in [1.29, 1.82) is 0 Å². The average Bonchev–Trinajstić information content (AvgIpc) is 2.84. The van der Waals surface area contributed by atoms with Crippen LogP contribution in [0.3, 0.4) is 0 Å². The Bertz CT molecular complexity index is 575. The lowest BCUT2D eigenvalue weighted by molar-refractivity contribution is -0.117. The quantitative estimate of drug-likeness (QED) is 0.878. The molecule has 106 valence electrons. The van der Waals surface area contributed by atoms with E-state index in [1.165, 1.54) is 0 Å². The fourth-order valence-electron chi connectivity index (χ4n) is 1.73. The molecule has 0 saturated heterocycles. The van der Waals surface area contributed by atoms with E-state index < -0.39 is 0 Å². The SMILES string of the molecule is Cc1ccc(NC(=O)C(C)NCc2cc(C)no2)cc1. The Kier molecular flexibility index (Phi) is 4.53. The summed E-state index contributed by atoms with van der Waals surface area (Å²) in [7, 11) is 0. The van der Waals surface area contributed by atoms with Gasteiger partial charge in [0.05, 0.1) is 18.3 Å². The van der Waals surface area contributed by atoms with Gasteiger partial charge < -0.3 is 9.84 Å². The van der Waals surface area contributed by atoms with Gasteiger partial charge in [-0.15, -0.1) is 0 Å². The number of anilines is 1. The Balaban J connectivity index is 1.84. The number of hydrogen-bond acceptors (Lipinski definition) is 4. The first-order chi connectivity index (χ1) is 9.54. The van der Waals surface area contributed by atoms with E-state index >= 15 is 0 Å². The maximum atomic E-state index is 12.0. The Hall–Kier alpha value is -2.14. The van der Waals surface area contributed by atoms with Crippen LogP contribution in [0.25, 0.3) is 0 Å². The first kappa shape index (κ1) is 14.3. The summed E-state index contributed by atoms with van der Waals surface area (Å²) in [6.07, 6.45) is 0. The number of aryl methyl sites for hydroxylation is 2. The van der Waals surface area contributed by atoms with Gasteiger partial charge in [-0.2, -0.15) is 0 Å². The second-order valence-electron chi connectivity index (χ2n) is 4.89. The molecule has 0 bridgehead atoms. The van der Waals surface area contributed by atoms with Crippen LogP contribution >= 0.6 is 0 Å². The third-order valence-corrected chi connectivity index (χ3v) is 2.97. The predicted octanol–water partition coefficient (Wildman–Crippen LogP) is 2.41. The number of carbonyl (C=O) groups is 1. The van der Waals surface area contributed by atoms with Crippen molar-refractivity contribution in [2.75, 3.05) is 5.32 Å². The van der Waals surface area contributed by atoms with Crippen LogP contribution in [0.1, 0.15) is 23.9 Å². The number of rotatable bonds is 5. The highest BCUT2D eigenvalue weighted by Crippen LogP contribution is 2.09. The minimum atomic E-state index is -0.318. The smallest absolute Gasteiger partial charge is 0.241 e. The van der Waals surface area contributed by atoms with Crippen molar-refractivity contribution in [1.82, 2.24) is 10.5 Å². The zero-order chi connectivity index (χ0) is 14.5. The molecule has 0 aliphatic heterocycles. The first-order valence-electron chi connectivity index (χ1n) is 6.57. The number of amides is 1. The number of carbonyl (C=O) groups excluding carboxylic acids is 1. The van der Waals surface area contributed by atoms with E-state index in [1.54, 1.807) is 0 Å². The number of aromatic nitrogens is 1. The highest BCUT2D eigenvalue weighted by atomic mass is 16.5. The summed E-state index contributed by atoms with van der Waals surface area (Å²) in [4.78, 5) is 12.0. The minimum absolute atomic E-state index is 0.0786. The molecule has 0 aliphatic rings. The second-order valence-corrected chi connectivity index (χ2v) is 4.89. The van der Waals surface area contributed by atoms with E-state index in [0.29, 0.717) is 6.54 Å². The second kappa shape index (κ2) is 6.34. The number of nitrogens with zero attached hydrogens (tertiary/aromatic N) is 1. The molecule has 0 fully saturated rings. The number of benzene rings is 1. The van der Waals surface area contributed by atoms with Gasteiger partial charge in [-0.05, 0) is 32.9 Å². The lowest BCUT2D eigenvalue weighted by Gasteiger charge is -2.13. The Morgan fingerprint density at radius 2 is 2.00 bits per heavy atom. The lowest BCUT2D eigenvalue weighted by Crippen LogP contribution is -2.37. The maximum Gasteiger partial charge on any atom is 0.241 e. The molecular weight excluding hydrogens is 254 g/mol. The van der Waals surface area contributed by atoms with Crippen molar-refractivity contribution in [3.63, 3.8) is 0 Å². The number of hydrogen-bond donors (Lipinski definition) is 2. The summed E-state index contributed by atoms with van der Waals surface area (Å²) in [6, 6.07) is 9.23. The lowest BCUT2D eigenvalue weighted by atomic mass is 10.2. The molecular formula is C15H19N3O2. The molecule has 2 N–H and O–H groups in total. The zero-order valence-corrected chi connectivity index (χ0v) is 11.9. The van der Waals surface area contributed by atoms with Crippen molar-refractivity contribution in [2.24, 2.45) is 0 Å². The van der Waals surface area contributed by atoms with Gasteiger partial charge in [0.2, 0.25) is 5.91 Å². The standard InChI is InChI=1S/C15H19N3O2/c1-10-4-6-13(7-5-10)17-15(19)12(3)16-9-14-8-11(2)18-20-14/h4-8,12,16H,9H2,1-3H3,(H,17,19). The van der Waals surface area contributed by atoms with Crippen LogP contribution in [0.2, 0.25) is 0 Å². The van der Waals surface area contributed by atoms with Crippen molar-refractivity contribution < 1.29 is 9.32 Å². The molecule has 0 radical (unpaired) electrons. The highest BCUT2D eigenvalue weighted by molar-refractivity contribution is 5.94. The number of nitrogens with one attached hydrogen (secondary N) is 2. The van der Waals surface area contributed by atoms with E-state index in [1.807, 2.05) is 51.1 Å². The van der Waals surface area contributed by atoms with Gasteiger partial charge in [-0.1, -0.05) is 22.9 Å². The third-order valence-electron chi connectivity index (χ3n) is 2.97. The van der Waals surface area contributed by atoms with Crippen molar-refractivity contribution in [2.45, 2.75) is 33.4 Å². The molecule has 5 heteroatoms. The first-order valence-corrected chi connectivity index (χ1v) is 6.57. The molecule has 1 unspecified atom stereocenters. The highest BCUT2D eigenvalue weighted by Gasteiger charge is 2.13. The summed E-state index contributed by atoms with van der Waals surface area (Å²) >= 11 is 0. The average molecular weight is 273 g/mol. The molecule has 1 heterocycles. The molecule has 0 saturated carbocycles. The van der Waals surface area contributed by atoms with Crippen LogP contribution in [0.4, 0.5) is 5.69 Å². The molecule has 1 aromatic heterocycles. The van der Waals surface area contributed by atoms with Gasteiger partial charge in [0.15, 0.2) is 5.76 Å². The molecule has 1 atom stereocenters. The molecule has 1 aromatic carbocycles. The summed E-state index contributed by atoms with van der Waals surface area (Å²) in [5.74, 6) is 0.641. The monoisotopic (exact) mass is 273 g/mol. The van der Waals surface area contributed by atoms with Crippen LogP contribution < -0.4 is 10.6 Å². The summed E-state index contributed by atoms with van der Waals surface area (Å²) in [5, 5.41) is 9.76. The third kappa shape index (κ3) is 3.93.